The van der Waals surface area contributed by atoms with Crippen molar-refractivity contribution in [2.75, 3.05) is 6.54 Å². The Bertz CT molecular complexity index is 183. The minimum atomic E-state index is -0.0674. The van der Waals surface area contributed by atoms with E-state index in [2.05, 4.69) is 33.2 Å². The van der Waals surface area contributed by atoms with Gasteiger partial charge in [0, 0.05) is 0 Å². The van der Waals surface area contributed by atoms with Crippen molar-refractivity contribution < 1.29 is 0 Å². The van der Waals surface area contributed by atoms with Crippen LogP contribution >= 0.6 is 15.9 Å². The number of rotatable bonds is 2. The topological polar surface area (TPSA) is 50.4 Å². The number of nitrogens with zero attached hydrogens (tertiary/aromatic N) is 1. The summed E-state index contributed by atoms with van der Waals surface area (Å²) in [5.41, 5.74) is 5.80. The Hall–Kier alpha value is -0.0900. The van der Waals surface area contributed by atoms with Crippen LogP contribution in [-0.4, -0.2) is 22.9 Å². The van der Waals surface area contributed by atoms with Crippen LogP contribution in [0.5, 0.6) is 0 Å². The summed E-state index contributed by atoms with van der Waals surface area (Å²) >= 11 is 3.35. The van der Waals surface area contributed by atoms with E-state index in [1.165, 1.54) is 6.42 Å². The molecule has 3 N–H and O–H groups in total. The number of hydrogen-bond donors (Lipinski definition) is 2. The summed E-state index contributed by atoms with van der Waals surface area (Å²) in [6, 6.07) is 0. The van der Waals surface area contributed by atoms with Gasteiger partial charge >= 0.3 is 0 Å². The molecule has 4 heteroatoms. The first kappa shape index (κ1) is 9.99. The van der Waals surface area contributed by atoms with Crippen LogP contribution in [0.3, 0.4) is 0 Å². The van der Waals surface area contributed by atoms with E-state index in [4.69, 9.17) is 5.73 Å². The third kappa shape index (κ3) is 2.20. The fraction of sp³-hybridized carbons (Fsp3) is 0.875. The molecule has 0 aromatic rings. The van der Waals surface area contributed by atoms with E-state index in [-0.39, 0.29) is 10.5 Å². The highest BCUT2D eigenvalue weighted by molar-refractivity contribution is 9.09. The lowest BCUT2D eigenvalue weighted by molar-refractivity contribution is 0.549. The van der Waals surface area contributed by atoms with Crippen LogP contribution in [0.1, 0.15) is 26.7 Å². The van der Waals surface area contributed by atoms with Gasteiger partial charge < -0.3 is 11.1 Å². The fourth-order valence-electron chi connectivity index (χ4n) is 1.45. The molecule has 1 fully saturated rings. The number of aliphatic imine (C=N–C) groups is 1. The van der Waals surface area contributed by atoms with E-state index in [0.29, 0.717) is 5.84 Å². The zero-order valence-electron chi connectivity index (χ0n) is 7.60. The van der Waals surface area contributed by atoms with Crippen molar-refractivity contribution in [1.29, 1.82) is 0 Å². The molecule has 1 rings (SSSR count). The molecule has 0 aromatic heterocycles. The molecule has 2 atom stereocenters. The Morgan fingerprint density at radius 3 is 2.83 bits per heavy atom. The molecule has 0 bridgehead atoms. The fourth-order valence-corrected chi connectivity index (χ4v) is 1.67. The summed E-state index contributed by atoms with van der Waals surface area (Å²) in [6.45, 7) is 5.11. The molecule has 0 saturated carbocycles. The number of amidine groups is 1. The van der Waals surface area contributed by atoms with Crippen molar-refractivity contribution in [1.82, 2.24) is 5.32 Å². The maximum absolute atomic E-state index is 5.87. The molecule has 3 nitrogen and oxygen atoms in total. The summed E-state index contributed by atoms with van der Waals surface area (Å²) in [4.78, 5) is 4.39. The van der Waals surface area contributed by atoms with Crippen molar-refractivity contribution in [2.45, 2.75) is 37.2 Å². The van der Waals surface area contributed by atoms with Crippen LogP contribution in [-0.2, 0) is 0 Å². The summed E-state index contributed by atoms with van der Waals surface area (Å²) in [7, 11) is 0. The quantitative estimate of drug-likeness (QED) is 0.327. The van der Waals surface area contributed by atoms with Crippen molar-refractivity contribution in [3.63, 3.8) is 0 Å². The molecular weight excluding hydrogens is 218 g/mol. The Kier molecular flexibility index (Phi) is 3.12. The second kappa shape index (κ2) is 3.75. The molecule has 1 aliphatic heterocycles. The number of alkyl halides is 1. The van der Waals surface area contributed by atoms with Crippen LogP contribution in [0.25, 0.3) is 0 Å². The van der Waals surface area contributed by atoms with Gasteiger partial charge in [-0.2, -0.15) is 0 Å². The highest BCUT2D eigenvalue weighted by Crippen LogP contribution is 2.19. The predicted octanol–water partition coefficient (Wildman–Crippen LogP) is 1.23. The van der Waals surface area contributed by atoms with Crippen LogP contribution in [0.15, 0.2) is 4.99 Å². The van der Waals surface area contributed by atoms with Gasteiger partial charge in [0.25, 0.3) is 0 Å². The van der Waals surface area contributed by atoms with Crippen molar-refractivity contribution in [3.8, 4) is 0 Å². The number of nitrogens with one attached hydrogen (secondary N) is 1. The molecular formula is C8H16BrN3. The first-order valence-corrected chi connectivity index (χ1v) is 5.19. The van der Waals surface area contributed by atoms with Gasteiger partial charge in [-0.1, -0.05) is 15.9 Å². The van der Waals surface area contributed by atoms with Crippen LogP contribution in [0, 0.1) is 0 Å². The molecule has 0 amide bonds. The largest absolute Gasteiger partial charge is 0.386 e. The Labute approximate surface area is 81.9 Å². The monoisotopic (exact) mass is 233 g/mol. The van der Waals surface area contributed by atoms with Gasteiger partial charge in [0.1, 0.15) is 10.8 Å². The predicted molar refractivity (Wildman–Crippen MR) is 55.7 cm³/mol. The minimum Gasteiger partial charge on any atom is -0.386 e. The lowest BCUT2D eigenvalue weighted by Crippen LogP contribution is -2.49. The summed E-state index contributed by atoms with van der Waals surface area (Å²) in [5, 5.41) is 3.36. The Morgan fingerprint density at radius 1 is 1.75 bits per heavy atom. The molecule has 0 spiro atoms. The Morgan fingerprint density at radius 2 is 2.42 bits per heavy atom. The van der Waals surface area contributed by atoms with Gasteiger partial charge in [-0.25, -0.2) is 0 Å². The number of nitrogens with two attached hydrogens (primary N) is 1. The molecule has 70 valence electrons. The molecule has 12 heavy (non-hydrogen) atoms. The van der Waals surface area contributed by atoms with Crippen LogP contribution in [0.2, 0.25) is 0 Å². The number of halogens is 1. The minimum absolute atomic E-state index is 0.0674. The van der Waals surface area contributed by atoms with Crippen LogP contribution < -0.4 is 11.1 Å². The van der Waals surface area contributed by atoms with Crippen molar-refractivity contribution >= 4 is 21.8 Å². The second-order valence-electron chi connectivity index (χ2n) is 3.45. The lowest BCUT2D eigenvalue weighted by Gasteiger charge is -2.23. The highest BCUT2D eigenvalue weighted by Gasteiger charge is 2.31. The normalized spacial score (nSPS) is 33.8. The maximum atomic E-state index is 5.87. The zero-order chi connectivity index (χ0) is 9.19. The number of hydrogen-bond acceptors (Lipinski definition) is 2. The summed E-state index contributed by atoms with van der Waals surface area (Å²) < 4.78 is 0. The average Bonchev–Trinajstić information content (AvgIpc) is 2.36. The van der Waals surface area contributed by atoms with Crippen LogP contribution in [0.4, 0.5) is 0 Å². The first-order chi connectivity index (χ1) is 5.54. The van der Waals surface area contributed by atoms with Crippen molar-refractivity contribution in [2.24, 2.45) is 10.7 Å². The molecule has 0 aromatic carbocycles. The summed E-state index contributed by atoms with van der Waals surface area (Å²) in [6.07, 6.45) is 2.27. The average molecular weight is 234 g/mol. The van der Waals surface area contributed by atoms with E-state index in [9.17, 15) is 0 Å². The van der Waals surface area contributed by atoms with Gasteiger partial charge in [0.15, 0.2) is 0 Å². The van der Waals surface area contributed by atoms with Gasteiger partial charge in [-0.3, -0.25) is 4.99 Å². The third-order valence-corrected chi connectivity index (χ3v) is 2.46. The van der Waals surface area contributed by atoms with E-state index >= 15 is 0 Å². The molecule has 0 aliphatic carbocycles. The Balaban J connectivity index is 2.67. The lowest BCUT2D eigenvalue weighted by atomic mass is 9.99. The first-order valence-electron chi connectivity index (χ1n) is 4.27. The molecule has 1 aliphatic rings. The van der Waals surface area contributed by atoms with Gasteiger partial charge in [0.2, 0.25) is 0 Å². The van der Waals surface area contributed by atoms with Crippen molar-refractivity contribution in [3.05, 3.63) is 0 Å². The molecule has 1 saturated heterocycles. The summed E-state index contributed by atoms with van der Waals surface area (Å²) in [5.74, 6) is 0.712. The second-order valence-corrected chi connectivity index (χ2v) is 4.78. The molecule has 1 heterocycles. The van der Waals surface area contributed by atoms with Gasteiger partial charge in [0.05, 0.1) is 5.54 Å². The van der Waals surface area contributed by atoms with E-state index in [1.807, 2.05) is 6.92 Å². The molecule has 0 radical (unpaired) electrons. The van der Waals surface area contributed by atoms with E-state index in [0.717, 1.165) is 13.0 Å². The van der Waals surface area contributed by atoms with E-state index in [1.54, 1.807) is 0 Å². The van der Waals surface area contributed by atoms with Gasteiger partial charge in [-0.15, -0.1) is 0 Å². The molecule has 1 unspecified atom stereocenters. The van der Waals surface area contributed by atoms with E-state index < -0.39 is 0 Å². The SMILES string of the molecule is CC(Br)N=C(N)[C@]1(C)CCCN1. The maximum Gasteiger partial charge on any atom is 0.115 e. The van der Waals surface area contributed by atoms with Gasteiger partial charge in [-0.05, 0) is 33.2 Å². The zero-order valence-corrected chi connectivity index (χ0v) is 9.19. The standard InChI is InChI=1S/C8H16BrN3/c1-6(9)12-7(10)8(2)4-3-5-11-8/h6,11H,3-5H2,1-2H3,(H2,10,12)/t6?,8-/m0/s1. The highest BCUT2D eigenvalue weighted by atomic mass is 79.9. The third-order valence-electron chi connectivity index (χ3n) is 2.25. The smallest absolute Gasteiger partial charge is 0.115 e.